The molecule has 0 aromatic rings. The van der Waals surface area contributed by atoms with Crippen molar-refractivity contribution in [1.29, 1.82) is 0 Å². The number of amidine groups is 1. The van der Waals surface area contributed by atoms with Crippen molar-refractivity contribution < 1.29 is 8.42 Å². The van der Waals surface area contributed by atoms with Crippen molar-refractivity contribution in [2.75, 3.05) is 24.3 Å². The zero-order chi connectivity index (χ0) is 11.5. The van der Waals surface area contributed by atoms with E-state index in [1.807, 2.05) is 0 Å². The topological polar surface area (TPSA) is 58.5 Å². The molecule has 0 radical (unpaired) electrons. The summed E-state index contributed by atoms with van der Waals surface area (Å²) in [5, 5.41) is 4.23. The Kier molecular flexibility index (Phi) is 4.06. The van der Waals surface area contributed by atoms with Gasteiger partial charge in [0, 0.05) is 24.1 Å². The van der Waals surface area contributed by atoms with Crippen molar-refractivity contribution in [3.63, 3.8) is 0 Å². The third-order valence-electron chi connectivity index (χ3n) is 1.94. The first kappa shape index (κ1) is 12.8. The molecule has 0 bridgehead atoms. The summed E-state index contributed by atoms with van der Waals surface area (Å²) in [6.45, 7) is 4.83. The second kappa shape index (κ2) is 4.74. The minimum Gasteiger partial charge on any atom is -0.359 e. The van der Waals surface area contributed by atoms with E-state index in [4.69, 9.17) is 0 Å². The van der Waals surface area contributed by atoms with Crippen LogP contribution in [0.2, 0.25) is 0 Å². The van der Waals surface area contributed by atoms with E-state index in [9.17, 15) is 8.42 Å². The summed E-state index contributed by atoms with van der Waals surface area (Å²) in [6, 6.07) is 0. The first-order chi connectivity index (χ1) is 6.79. The largest absolute Gasteiger partial charge is 0.359 e. The minimum absolute atomic E-state index is 0.111. The quantitative estimate of drug-likeness (QED) is 0.753. The molecule has 0 atom stereocenters. The molecule has 15 heavy (non-hydrogen) atoms. The van der Waals surface area contributed by atoms with Gasteiger partial charge in [-0.25, -0.2) is 8.42 Å². The molecule has 1 N–H and O–H groups in total. The first-order valence-corrected chi connectivity index (χ1v) is 7.96. The van der Waals surface area contributed by atoms with Gasteiger partial charge in [0.25, 0.3) is 0 Å². The highest BCUT2D eigenvalue weighted by molar-refractivity contribution is 8.14. The van der Waals surface area contributed by atoms with Gasteiger partial charge in [-0.3, -0.25) is 4.99 Å². The molecule has 0 amide bonds. The maximum absolute atomic E-state index is 10.9. The third kappa shape index (κ3) is 5.41. The van der Waals surface area contributed by atoms with Crippen LogP contribution in [0, 0.1) is 0 Å². The molecule has 88 valence electrons. The Hall–Kier alpha value is -0.230. The smallest absolute Gasteiger partial charge is 0.157 e. The fraction of sp³-hybridized carbons (Fsp3) is 0.889. The molecule has 0 unspecified atom stereocenters. The molecule has 4 nitrogen and oxygen atoms in total. The summed E-state index contributed by atoms with van der Waals surface area (Å²) >= 11 is 1.70. The van der Waals surface area contributed by atoms with Crippen LogP contribution in [0.3, 0.4) is 0 Å². The van der Waals surface area contributed by atoms with Crippen molar-refractivity contribution >= 4 is 26.8 Å². The summed E-state index contributed by atoms with van der Waals surface area (Å²) in [5.74, 6) is 1.23. The number of hydrogen-bond donors (Lipinski definition) is 1. The number of rotatable bonds is 4. The highest BCUT2D eigenvalue weighted by atomic mass is 32.2. The number of sulfone groups is 1. The second-order valence-electron chi connectivity index (χ2n) is 4.47. The Morgan fingerprint density at radius 2 is 2.20 bits per heavy atom. The maximum Gasteiger partial charge on any atom is 0.157 e. The van der Waals surface area contributed by atoms with Crippen molar-refractivity contribution in [3.8, 4) is 0 Å². The second-order valence-corrected chi connectivity index (χ2v) is 7.69. The average Bonchev–Trinajstić information content (AvgIpc) is 2.38. The van der Waals surface area contributed by atoms with Crippen LogP contribution >= 0.6 is 11.8 Å². The molecule has 6 heteroatoms. The van der Waals surface area contributed by atoms with Gasteiger partial charge in [0.05, 0.1) is 5.75 Å². The number of thioether (sulfide) groups is 1. The molecule has 1 fully saturated rings. The van der Waals surface area contributed by atoms with Gasteiger partial charge in [0.15, 0.2) is 5.17 Å². The number of aliphatic imine (C=N–C) groups is 1. The SMILES string of the molecule is CC1(C)CSC(=NCCCS(C)(=O)=O)N1. The molecule has 1 aliphatic rings. The fourth-order valence-electron chi connectivity index (χ4n) is 1.20. The minimum atomic E-state index is -2.84. The van der Waals surface area contributed by atoms with Gasteiger partial charge in [-0.1, -0.05) is 11.8 Å². The van der Waals surface area contributed by atoms with Gasteiger partial charge in [-0.2, -0.15) is 0 Å². The Labute approximate surface area is 95.8 Å². The monoisotopic (exact) mass is 250 g/mol. The van der Waals surface area contributed by atoms with E-state index < -0.39 is 9.84 Å². The van der Waals surface area contributed by atoms with Crippen molar-refractivity contribution in [3.05, 3.63) is 0 Å². The predicted molar refractivity (Wildman–Crippen MR) is 66.3 cm³/mol. The summed E-state index contributed by atoms with van der Waals surface area (Å²) in [7, 11) is -2.84. The van der Waals surface area contributed by atoms with E-state index >= 15 is 0 Å². The van der Waals surface area contributed by atoms with E-state index in [1.165, 1.54) is 6.26 Å². The van der Waals surface area contributed by atoms with E-state index in [-0.39, 0.29) is 11.3 Å². The van der Waals surface area contributed by atoms with Gasteiger partial charge >= 0.3 is 0 Å². The van der Waals surface area contributed by atoms with Crippen LogP contribution in [0.15, 0.2) is 4.99 Å². The van der Waals surface area contributed by atoms with Crippen LogP contribution in [0.5, 0.6) is 0 Å². The van der Waals surface area contributed by atoms with Crippen LogP contribution in [0.4, 0.5) is 0 Å². The molecule has 0 spiro atoms. The maximum atomic E-state index is 10.9. The zero-order valence-corrected chi connectivity index (χ0v) is 11.0. The Balaban J connectivity index is 2.29. The van der Waals surface area contributed by atoms with Crippen LogP contribution in [0.1, 0.15) is 20.3 Å². The van der Waals surface area contributed by atoms with Gasteiger partial charge < -0.3 is 5.32 Å². The van der Waals surface area contributed by atoms with Crippen molar-refractivity contribution in [2.24, 2.45) is 4.99 Å². The van der Waals surface area contributed by atoms with Crippen LogP contribution in [0.25, 0.3) is 0 Å². The molecule has 1 rings (SSSR count). The van der Waals surface area contributed by atoms with Crippen molar-refractivity contribution in [2.45, 2.75) is 25.8 Å². The molecule has 0 aromatic heterocycles. The van der Waals surface area contributed by atoms with E-state index in [0.717, 1.165) is 10.9 Å². The Bertz CT molecular complexity index is 347. The number of nitrogens with zero attached hydrogens (tertiary/aromatic N) is 1. The molecule has 0 saturated carbocycles. The summed E-state index contributed by atoms with van der Waals surface area (Å²) in [5.41, 5.74) is 0.111. The zero-order valence-electron chi connectivity index (χ0n) is 9.41. The molecule has 0 aliphatic carbocycles. The predicted octanol–water partition coefficient (Wildman–Crippen LogP) is 0.892. The van der Waals surface area contributed by atoms with Gasteiger partial charge in [0.1, 0.15) is 9.84 Å². The van der Waals surface area contributed by atoms with Gasteiger partial charge in [-0.05, 0) is 20.3 Å². The lowest BCUT2D eigenvalue weighted by Gasteiger charge is -2.15. The first-order valence-electron chi connectivity index (χ1n) is 4.92. The Morgan fingerprint density at radius 3 is 2.67 bits per heavy atom. The number of hydrogen-bond acceptors (Lipinski definition) is 4. The van der Waals surface area contributed by atoms with Crippen LogP contribution in [-0.2, 0) is 9.84 Å². The molecule has 0 aromatic carbocycles. The summed E-state index contributed by atoms with van der Waals surface area (Å²) < 4.78 is 21.7. The lowest BCUT2D eigenvalue weighted by molar-refractivity contribution is 0.536. The lowest BCUT2D eigenvalue weighted by Crippen LogP contribution is -2.36. The summed E-state index contributed by atoms with van der Waals surface area (Å²) in [4.78, 5) is 4.33. The van der Waals surface area contributed by atoms with E-state index in [0.29, 0.717) is 13.0 Å². The standard InChI is InChI=1S/C9H18N2O2S2/c1-9(2)7-14-8(11-9)10-5-4-6-15(3,12)13/h4-7H2,1-3H3,(H,10,11). The molecular formula is C9H18N2O2S2. The third-order valence-corrected chi connectivity index (χ3v) is 4.34. The molecule has 1 saturated heterocycles. The van der Waals surface area contributed by atoms with Crippen molar-refractivity contribution in [1.82, 2.24) is 5.32 Å². The highest BCUT2D eigenvalue weighted by Crippen LogP contribution is 2.21. The van der Waals surface area contributed by atoms with Gasteiger partial charge in [0.2, 0.25) is 0 Å². The lowest BCUT2D eigenvalue weighted by atomic mass is 10.1. The van der Waals surface area contributed by atoms with Gasteiger partial charge in [-0.15, -0.1) is 0 Å². The normalized spacial score (nSPS) is 23.0. The average molecular weight is 250 g/mol. The molecular weight excluding hydrogens is 232 g/mol. The van der Waals surface area contributed by atoms with Crippen LogP contribution in [-0.4, -0.2) is 43.4 Å². The van der Waals surface area contributed by atoms with E-state index in [2.05, 4.69) is 24.2 Å². The number of nitrogens with one attached hydrogen (secondary N) is 1. The highest BCUT2D eigenvalue weighted by Gasteiger charge is 2.26. The molecule has 1 heterocycles. The Morgan fingerprint density at radius 1 is 1.53 bits per heavy atom. The van der Waals surface area contributed by atoms with Crippen LogP contribution < -0.4 is 5.32 Å². The summed E-state index contributed by atoms with van der Waals surface area (Å²) in [6.07, 6.45) is 1.86. The van der Waals surface area contributed by atoms with E-state index in [1.54, 1.807) is 11.8 Å². The molecule has 1 aliphatic heterocycles. The fourth-order valence-corrected chi connectivity index (χ4v) is 2.96.